The standard InChI is InChI=1S/C27H34F3N7O2.C7H8O3S/c1-16(2)25-34-27(35-39-25)36-7-5-17(6-8-36)4-3-9-38-18-12-32-26(33-13-18)37-14-20(24(31)15-37)19-10-22(29)23(30)11-21(19)28;1-6-2-4-7(5-3-6)11(8,9)10/h10-13,16-17,20,24H,3-9,14-15,31H2,1-2H3;2-5H,1H3,(H,8,9,10)/t20-,24+;/m0./s1. The minimum Gasteiger partial charge on any atom is -0.490 e. The highest BCUT2D eigenvalue weighted by molar-refractivity contribution is 7.85. The van der Waals surface area contributed by atoms with Gasteiger partial charge < -0.3 is 24.8 Å². The van der Waals surface area contributed by atoms with Gasteiger partial charge in [-0.05, 0) is 67.4 Å². The van der Waals surface area contributed by atoms with Crippen LogP contribution in [0.3, 0.4) is 0 Å². The Morgan fingerprint density at radius 1 is 0.980 bits per heavy atom. The van der Waals surface area contributed by atoms with Crippen LogP contribution >= 0.6 is 0 Å². The van der Waals surface area contributed by atoms with Gasteiger partial charge in [-0.15, -0.1) is 0 Å². The summed E-state index contributed by atoms with van der Waals surface area (Å²) >= 11 is 0. The maximum absolute atomic E-state index is 14.3. The maximum atomic E-state index is 14.3. The van der Waals surface area contributed by atoms with E-state index < -0.39 is 39.5 Å². The molecule has 4 aromatic rings. The molecule has 2 atom stereocenters. The minimum atomic E-state index is -4.02. The number of hydrogen-bond donors (Lipinski definition) is 2. The van der Waals surface area contributed by atoms with Gasteiger partial charge in [0.25, 0.3) is 16.1 Å². The molecule has 2 aliphatic rings. The second kappa shape index (κ2) is 16.2. The van der Waals surface area contributed by atoms with Gasteiger partial charge in [0.2, 0.25) is 11.8 Å². The molecular formula is C34H42F3N7O5S. The molecule has 4 heterocycles. The van der Waals surface area contributed by atoms with E-state index in [1.54, 1.807) is 24.5 Å². The SMILES string of the molecule is CC(C)c1nc(N2CCC(CCCOc3cnc(N4C[C@@H](N)[C@H](c5cc(F)c(F)cc5F)C4)nc3)CC2)no1.Cc1ccc(S(=O)(=O)O)cc1. The summed E-state index contributed by atoms with van der Waals surface area (Å²) in [6.45, 7) is 8.99. The van der Waals surface area contributed by atoms with Gasteiger partial charge in [0.05, 0.1) is 23.9 Å². The molecule has 0 aliphatic carbocycles. The van der Waals surface area contributed by atoms with Crippen LogP contribution in [0.4, 0.5) is 25.1 Å². The van der Waals surface area contributed by atoms with Crippen molar-refractivity contribution in [3.05, 3.63) is 83.3 Å². The van der Waals surface area contributed by atoms with Crippen LogP contribution in [0.15, 0.2) is 58.2 Å². The Morgan fingerprint density at radius 2 is 1.64 bits per heavy atom. The molecule has 2 aromatic heterocycles. The first-order valence-corrected chi connectivity index (χ1v) is 17.9. The largest absolute Gasteiger partial charge is 0.490 e. The zero-order valence-electron chi connectivity index (χ0n) is 28.2. The average Bonchev–Trinajstić information content (AvgIpc) is 3.73. The normalized spacial score (nSPS) is 18.3. The average molecular weight is 718 g/mol. The number of piperidine rings is 1. The second-order valence-electron chi connectivity index (χ2n) is 13.0. The van der Waals surface area contributed by atoms with Gasteiger partial charge in [-0.2, -0.15) is 13.4 Å². The lowest BCUT2D eigenvalue weighted by Crippen LogP contribution is -2.34. The Labute approximate surface area is 289 Å². The van der Waals surface area contributed by atoms with E-state index in [4.69, 9.17) is 19.5 Å². The van der Waals surface area contributed by atoms with Gasteiger partial charge in [-0.3, -0.25) is 4.55 Å². The number of ether oxygens (including phenoxy) is 1. The molecule has 270 valence electrons. The molecule has 2 saturated heterocycles. The number of anilines is 2. The van der Waals surface area contributed by atoms with Gasteiger partial charge in [0, 0.05) is 50.1 Å². The van der Waals surface area contributed by atoms with E-state index in [1.165, 1.54) is 12.1 Å². The highest BCUT2D eigenvalue weighted by Gasteiger charge is 2.35. The summed E-state index contributed by atoms with van der Waals surface area (Å²) < 4.78 is 82.0. The zero-order chi connectivity index (χ0) is 36.0. The van der Waals surface area contributed by atoms with E-state index >= 15 is 0 Å². The van der Waals surface area contributed by atoms with Gasteiger partial charge in [-0.25, -0.2) is 23.1 Å². The van der Waals surface area contributed by atoms with Gasteiger partial charge in [-0.1, -0.05) is 31.5 Å². The van der Waals surface area contributed by atoms with Crippen molar-refractivity contribution >= 4 is 22.0 Å². The van der Waals surface area contributed by atoms with Gasteiger partial charge >= 0.3 is 0 Å². The molecule has 0 spiro atoms. The van der Waals surface area contributed by atoms with E-state index in [0.717, 1.165) is 50.4 Å². The Hall–Kier alpha value is -4.28. The summed E-state index contributed by atoms with van der Waals surface area (Å²) in [5.41, 5.74) is 7.21. The number of nitrogens with two attached hydrogens (primary N) is 1. The number of benzene rings is 2. The first kappa shape index (κ1) is 37.0. The third kappa shape index (κ3) is 9.48. The smallest absolute Gasteiger partial charge is 0.294 e. The van der Waals surface area contributed by atoms with Crippen molar-refractivity contribution < 1.29 is 35.4 Å². The highest BCUT2D eigenvalue weighted by atomic mass is 32.2. The molecule has 0 unspecified atom stereocenters. The number of hydrogen-bond acceptors (Lipinski definition) is 11. The van der Waals surface area contributed by atoms with Crippen LogP contribution in [-0.2, 0) is 10.1 Å². The van der Waals surface area contributed by atoms with E-state index in [1.807, 2.05) is 25.7 Å². The van der Waals surface area contributed by atoms with Crippen LogP contribution in [0.25, 0.3) is 0 Å². The van der Waals surface area contributed by atoms with E-state index in [9.17, 15) is 21.6 Å². The summed E-state index contributed by atoms with van der Waals surface area (Å²) in [4.78, 5) is 17.2. The highest BCUT2D eigenvalue weighted by Crippen LogP contribution is 2.32. The Balaban J connectivity index is 0.000000377. The third-order valence-corrected chi connectivity index (χ3v) is 9.74. The number of aryl methyl sites for hydroxylation is 1. The molecule has 50 heavy (non-hydrogen) atoms. The molecule has 12 nitrogen and oxygen atoms in total. The van der Waals surface area contributed by atoms with Crippen molar-refractivity contribution in [1.29, 1.82) is 0 Å². The summed E-state index contributed by atoms with van der Waals surface area (Å²) in [6, 6.07) is 6.96. The van der Waals surface area contributed by atoms with Crippen molar-refractivity contribution in [1.82, 2.24) is 20.1 Å². The predicted octanol–water partition coefficient (Wildman–Crippen LogP) is 5.65. The third-order valence-electron chi connectivity index (χ3n) is 8.87. The van der Waals surface area contributed by atoms with Crippen LogP contribution in [0.2, 0.25) is 0 Å². The Bertz CT molecular complexity index is 1820. The molecule has 0 radical (unpaired) electrons. The quantitative estimate of drug-likeness (QED) is 0.118. The lowest BCUT2D eigenvalue weighted by atomic mass is 9.92. The minimum absolute atomic E-state index is 0.0598. The molecule has 0 bridgehead atoms. The molecule has 0 saturated carbocycles. The molecule has 2 fully saturated rings. The monoisotopic (exact) mass is 717 g/mol. The number of halogens is 3. The number of aromatic nitrogens is 4. The van der Waals surface area contributed by atoms with Crippen molar-refractivity contribution in [2.24, 2.45) is 11.7 Å². The molecular weight excluding hydrogens is 675 g/mol. The Morgan fingerprint density at radius 3 is 2.26 bits per heavy atom. The molecule has 16 heteroatoms. The second-order valence-corrected chi connectivity index (χ2v) is 14.4. The predicted molar refractivity (Wildman–Crippen MR) is 180 cm³/mol. The van der Waals surface area contributed by atoms with E-state index in [2.05, 4.69) is 25.0 Å². The van der Waals surface area contributed by atoms with Crippen molar-refractivity contribution in [3.63, 3.8) is 0 Å². The molecule has 0 amide bonds. The summed E-state index contributed by atoms with van der Waals surface area (Å²) in [5.74, 6) is -0.411. The molecule has 3 N–H and O–H groups in total. The van der Waals surface area contributed by atoms with E-state index in [-0.39, 0.29) is 16.4 Å². The maximum Gasteiger partial charge on any atom is 0.294 e. The fraction of sp³-hybridized carbons (Fsp3) is 0.471. The molecule has 6 rings (SSSR count). The van der Waals surface area contributed by atoms with Gasteiger partial charge in [0.15, 0.2) is 17.4 Å². The van der Waals surface area contributed by atoms with Crippen molar-refractivity contribution in [2.75, 3.05) is 42.6 Å². The van der Waals surface area contributed by atoms with Crippen LogP contribution < -0.4 is 20.3 Å². The lowest BCUT2D eigenvalue weighted by Gasteiger charge is -2.30. The first-order chi connectivity index (χ1) is 23.8. The number of rotatable bonds is 10. The van der Waals surface area contributed by atoms with Crippen molar-refractivity contribution in [2.45, 2.75) is 69.2 Å². The molecule has 2 aliphatic heterocycles. The van der Waals surface area contributed by atoms with Crippen LogP contribution in [0.5, 0.6) is 5.75 Å². The summed E-state index contributed by atoms with van der Waals surface area (Å²) in [7, 11) is -4.02. The first-order valence-electron chi connectivity index (χ1n) is 16.5. The Kier molecular flexibility index (Phi) is 12.0. The fourth-order valence-electron chi connectivity index (χ4n) is 5.97. The summed E-state index contributed by atoms with van der Waals surface area (Å²) in [6.07, 6.45) is 7.37. The fourth-order valence-corrected chi connectivity index (χ4v) is 6.45. The lowest BCUT2D eigenvalue weighted by molar-refractivity contribution is 0.277. The van der Waals surface area contributed by atoms with Crippen LogP contribution in [-0.4, -0.2) is 71.9 Å². The number of nitrogens with zero attached hydrogens (tertiary/aromatic N) is 6. The zero-order valence-corrected chi connectivity index (χ0v) is 29.0. The molecule has 2 aromatic carbocycles. The van der Waals surface area contributed by atoms with Crippen molar-refractivity contribution in [3.8, 4) is 5.75 Å². The van der Waals surface area contributed by atoms with Gasteiger partial charge in [0.1, 0.15) is 5.82 Å². The van der Waals surface area contributed by atoms with E-state index in [0.29, 0.717) is 55.2 Å². The summed E-state index contributed by atoms with van der Waals surface area (Å²) in [5, 5.41) is 4.11. The topological polar surface area (TPSA) is 161 Å². The van der Waals surface area contributed by atoms with Crippen LogP contribution in [0, 0.1) is 30.3 Å². The van der Waals surface area contributed by atoms with Crippen LogP contribution in [0.1, 0.15) is 68.4 Å².